The fraction of sp³-hybridized carbons (Fsp3) is 0.0909. The number of hydrogen-bond acceptors (Lipinski definition) is 3. The van der Waals surface area contributed by atoms with Gasteiger partial charge < -0.3 is 4.90 Å². The lowest BCUT2D eigenvalue weighted by atomic mass is 9.73. The maximum Gasteiger partial charge on any atom is 0.150 e. The molecule has 1 unspecified atom stereocenters. The van der Waals surface area contributed by atoms with E-state index in [1.165, 1.54) is 16.8 Å². The van der Waals surface area contributed by atoms with Crippen molar-refractivity contribution >= 4 is 38.9 Å². The number of nitrogens with zero attached hydrogens (tertiary/aromatic N) is 4. The largest absolute Gasteiger partial charge is 0.310 e. The molecular weight excluding hydrogens is 604 g/mol. The van der Waals surface area contributed by atoms with E-state index < -0.39 is 6.17 Å². The predicted molar refractivity (Wildman–Crippen MR) is 198 cm³/mol. The van der Waals surface area contributed by atoms with Gasteiger partial charge in [-0.25, -0.2) is 9.37 Å². The minimum absolute atomic E-state index is 0.257. The van der Waals surface area contributed by atoms with E-state index in [1.54, 1.807) is 6.20 Å². The Morgan fingerprint density at radius 3 is 2.10 bits per heavy atom. The van der Waals surface area contributed by atoms with Crippen LogP contribution >= 0.6 is 0 Å². The number of para-hydroxylation sites is 2. The second-order valence-electron chi connectivity index (χ2n) is 13.2. The maximum absolute atomic E-state index is 16.6. The Hall–Kier alpha value is -6.07. The number of hydrogen-bond donors (Lipinski definition) is 0. The lowest BCUT2D eigenvalue weighted by molar-refractivity contribution is 0.402. The predicted octanol–water partition coefficient (Wildman–Crippen LogP) is 11.4. The smallest absolute Gasteiger partial charge is 0.150 e. The Balaban J connectivity index is 1.28. The average molecular weight is 637 g/mol. The molecule has 1 aliphatic heterocycles. The topological polar surface area (TPSA) is 34.0 Å². The minimum Gasteiger partial charge on any atom is -0.310 e. The standard InChI is InChI=1S/C44H33FN4/c1-44(2)35-17-6-7-19-38(35)48(32-15-4-3-5-16-32)41-28-40-34(27-36(41)44)33-22-21-31(26-39(33)49(40)42-20-9-11-24-47-42)43(45)30-14-12-13-29(25-30)37-18-8-10-23-46-37/h3-28,43H,1-2H3. The van der Waals surface area contributed by atoms with Crippen molar-refractivity contribution in [2.24, 2.45) is 0 Å². The minimum atomic E-state index is -1.32. The summed E-state index contributed by atoms with van der Waals surface area (Å²) in [6.45, 7) is 4.61. The molecule has 1 aliphatic rings. The summed E-state index contributed by atoms with van der Waals surface area (Å²) in [5.74, 6) is 0.786. The Morgan fingerprint density at radius 1 is 0.571 bits per heavy atom. The van der Waals surface area contributed by atoms with Crippen molar-refractivity contribution in [2.75, 3.05) is 4.90 Å². The van der Waals surface area contributed by atoms with E-state index in [1.807, 2.05) is 79.0 Å². The molecule has 9 rings (SSSR count). The number of aromatic nitrogens is 3. The summed E-state index contributed by atoms with van der Waals surface area (Å²) in [7, 11) is 0. The summed E-state index contributed by atoms with van der Waals surface area (Å²) in [5.41, 5.74) is 10.5. The molecule has 5 heteroatoms. The van der Waals surface area contributed by atoms with Crippen molar-refractivity contribution < 1.29 is 4.39 Å². The molecule has 4 nitrogen and oxygen atoms in total. The first kappa shape index (κ1) is 29.1. The second kappa shape index (κ2) is 11.3. The van der Waals surface area contributed by atoms with Gasteiger partial charge in [0.25, 0.3) is 0 Å². The van der Waals surface area contributed by atoms with Crippen molar-refractivity contribution in [1.82, 2.24) is 14.5 Å². The molecule has 3 aromatic heterocycles. The lowest BCUT2D eigenvalue weighted by Crippen LogP contribution is -2.30. The summed E-state index contributed by atoms with van der Waals surface area (Å²) < 4.78 is 18.7. The molecule has 0 radical (unpaired) electrons. The first-order chi connectivity index (χ1) is 24.0. The molecule has 1 atom stereocenters. The first-order valence-electron chi connectivity index (χ1n) is 16.6. The molecule has 0 amide bonds. The Labute approximate surface area is 284 Å². The van der Waals surface area contributed by atoms with Crippen LogP contribution in [0.5, 0.6) is 0 Å². The molecule has 0 aliphatic carbocycles. The van der Waals surface area contributed by atoms with Crippen LogP contribution in [0.3, 0.4) is 0 Å². The van der Waals surface area contributed by atoms with Gasteiger partial charge in [0, 0.05) is 39.8 Å². The molecule has 0 spiro atoms. The molecule has 4 heterocycles. The van der Waals surface area contributed by atoms with E-state index in [4.69, 9.17) is 4.98 Å². The van der Waals surface area contributed by atoms with Crippen LogP contribution < -0.4 is 4.90 Å². The Morgan fingerprint density at radius 2 is 1.31 bits per heavy atom. The van der Waals surface area contributed by atoms with Crippen LogP contribution in [0.25, 0.3) is 38.9 Å². The molecule has 0 saturated carbocycles. The molecule has 5 aromatic carbocycles. The van der Waals surface area contributed by atoms with Gasteiger partial charge in [0.15, 0.2) is 6.17 Å². The molecule has 8 aromatic rings. The highest BCUT2D eigenvalue weighted by molar-refractivity contribution is 6.11. The Bertz CT molecular complexity index is 2490. The van der Waals surface area contributed by atoms with Gasteiger partial charge in [-0.3, -0.25) is 9.55 Å². The van der Waals surface area contributed by atoms with E-state index >= 15 is 4.39 Å². The highest BCUT2D eigenvalue weighted by Crippen LogP contribution is 2.53. The number of alkyl halides is 1. The van der Waals surface area contributed by atoms with E-state index in [0.29, 0.717) is 11.1 Å². The number of anilines is 3. The fourth-order valence-electron chi connectivity index (χ4n) is 7.55. The first-order valence-corrected chi connectivity index (χ1v) is 16.6. The quantitative estimate of drug-likeness (QED) is 0.188. The zero-order chi connectivity index (χ0) is 33.1. The van der Waals surface area contributed by atoms with E-state index in [0.717, 1.165) is 50.3 Å². The normalized spacial score (nSPS) is 14.1. The average Bonchev–Trinajstić information content (AvgIpc) is 3.48. The van der Waals surface area contributed by atoms with Crippen LogP contribution in [0, 0.1) is 0 Å². The number of benzene rings is 5. The van der Waals surface area contributed by atoms with Gasteiger partial charge in [-0.15, -0.1) is 0 Å². The maximum atomic E-state index is 16.6. The molecule has 0 saturated heterocycles. The molecule has 0 bridgehead atoms. The van der Waals surface area contributed by atoms with Crippen molar-refractivity contribution in [2.45, 2.75) is 25.4 Å². The summed E-state index contributed by atoms with van der Waals surface area (Å²) in [5, 5.41) is 2.17. The third-order valence-corrected chi connectivity index (χ3v) is 9.97. The van der Waals surface area contributed by atoms with Gasteiger partial charge in [0.05, 0.1) is 28.1 Å². The zero-order valence-corrected chi connectivity index (χ0v) is 27.3. The van der Waals surface area contributed by atoms with E-state index in [-0.39, 0.29) is 5.41 Å². The number of pyridine rings is 2. The van der Waals surface area contributed by atoms with Gasteiger partial charge >= 0.3 is 0 Å². The van der Waals surface area contributed by atoms with Crippen LogP contribution in [-0.2, 0) is 5.41 Å². The van der Waals surface area contributed by atoms with Crippen molar-refractivity contribution in [1.29, 1.82) is 0 Å². The van der Waals surface area contributed by atoms with Gasteiger partial charge in [0.2, 0.25) is 0 Å². The molecule has 0 fully saturated rings. The number of fused-ring (bicyclic) bond motifs is 5. The van der Waals surface area contributed by atoms with Gasteiger partial charge in [0.1, 0.15) is 5.82 Å². The van der Waals surface area contributed by atoms with Crippen LogP contribution in [0.15, 0.2) is 158 Å². The second-order valence-corrected chi connectivity index (χ2v) is 13.2. The highest BCUT2D eigenvalue weighted by Gasteiger charge is 2.37. The summed E-state index contributed by atoms with van der Waals surface area (Å²) in [6.07, 6.45) is 2.25. The van der Waals surface area contributed by atoms with Crippen LogP contribution in [-0.4, -0.2) is 14.5 Å². The summed E-state index contributed by atoms with van der Waals surface area (Å²) in [4.78, 5) is 11.6. The summed E-state index contributed by atoms with van der Waals surface area (Å²) >= 11 is 0. The Kier molecular flexibility index (Phi) is 6.70. The molecule has 236 valence electrons. The van der Waals surface area contributed by atoms with Gasteiger partial charge in [-0.05, 0) is 89.0 Å². The number of rotatable bonds is 5. The van der Waals surface area contributed by atoms with Crippen molar-refractivity contribution in [3.8, 4) is 17.1 Å². The van der Waals surface area contributed by atoms with Crippen LogP contribution in [0.1, 0.15) is 42.3 Å². The molecular formula is C44H33FN4. The van der Waals surface area contributed by atoms with E-state index in [9.17, 15) is 0 Å². The van der Waals surface area contributed by atoms with Crippen molar-refractivity contribution in [3.05, 3.63) is 180 Å². The van der Waals surface area contributed by atoms with E-state index in [2.05, 4.69) is 101 Å². The molecule has 49 heavy (non-hydrogen) atoms. The van der Waals surface area contributed by atoms with Crippen molar-refractivity contribution in [3.63, 3.8) is 0 Å². The van der Waals surface area contributed by atoms with Crippen LogP contribution in [0.4, 0.5) is 21.5 Å². The van der Waals surface area contributed by atoms with Gasteiger partial charge in [-0.2, -0.15) is 0 Å². The summed E-state index contributed by atoms with van der Waals surface area (Å²) in [6, 6.07) is 49.2. The third kappa shape index (κ3) is 4.65. The number of halogens is 1. The fourth-order valence-corrected chi connectivity index (χ4v) is 7.55. The highest BCUT2D eigenvalue weighted by atomic mass is 19.1. The van der Waals surface area contributed by atoms with Crippen LogP contribution in [0.2, 0.25) is 0 Å². The third-order valence-electron chi connectivity index (χ3n) is 9.97. The zero-order valence-electron chi connectivity index (χ0n) is 27.3. The monoisotopic (exact) mass is 636 g/mol. The SMILES string of the molecule is CC1(C)c2ccccc2N(c2ccccc2)c2cc3c(cc21)c1ccc(C(F)c2cccc(-c4ccccn4)c2)cc1n3-c1ccccn1. The molecule has 0 N–H and O–H groups in total. The lowest BCUT2D eigenvalue weighted by Gasteiger charge is -2.42. The van der Waals surface area contributed by atoms with Gasteiger partial charge in [-0.1, -0.05) is 92.7 Å².